The molecule has 0 bridgehead atoms. The van der Waals surface area contributed by atoms with Gasteiger partial charge in [-0.15, -0.1) is 0 Å². The van der Waals surface area contributed by atoms with Crippen molar-refractivity contribution in [2.24, 2.45) is 5.73 Å². The minimum absolute atomic E-state index is 0.0161. The molecule has 17 heavy (non-hydrogen) atoms. The third-order valence-corrected chi connectivity index (χ3v) is 2.64. The highest BCUT2D eigenvalue weighted by Gasteiger charge is 2.16. The summed E-state index contributed by atoms with van der Waals surface area (Å²) >= 11 is 0. The van der Waals surface area contributed by atoms with Gasteiger partial charge < -0.3 is 5.73 Å². The quantitative estimate of drug-likeness (QED) is 0.805. The summed E-state index contributed by atoms with van der Waals surface area (Å²) in [5.41, 5.74) is 5.58. The molecule has 0 aliphatic rings. The highest BCUT2D eigenvalue weighted by molar-refractivity contribution is 5.96. The van der Waals surface area contributed by atoms with Crippen molar-refractivity contribution >= 4 is 5.78 Å². The fourth-order valence-electron chi connectivity index (χ4n) is 1.58. The molecule has 1 unspecified atom stereocenters. The Labute approximate surface area is 99.8 Å². The first-order chi connectivity index (χ1) is 7.93. The van der Waals surface area contributed by atoms with E-state index in [0.29, 0.717) is 12.8 Å². The van der Waals surface area contributed by atoms with Gasteiger partial charge in [0.2, 0.25) is 0 Å². The van der Waals surface area contributed by atoms with Crippen molar-refractivity contribution < 1.29 is 13.6 Å². The SMILES string of the molecule is Cc1ccc(C(=O)CCCC(C)N)c(F)c1F. The number of carbonyl (C=O) groups excluding carboxylic acids is 1. The lowest BCUT2D eigenvalue weighted by Gasteiger charge is -2.06. The molecule has 0 heterocycles. The van der Waals surface area contributed by atoms with Gasteiger partial charge in [-0.2, -0.15) is 0 Å². The lowest BCUT2D eigenvalue weighted by atomic mass is 10.0. The molecule has 0 amide bonds. The first-order valence-electron chi connectivity index (χ1n) is 5.67. The third-order valence-electron chi connectivity index (χ3n) is 2.64. The molecule has 1 aromatic carbocycles. The van der Waals surface area contributed by atoms with Crippen LogP contribution in [0.3, 0.4) is 0 Å². The van der Waals surface area contributed by atoms with Gasteiger partial charge in [0, 0.05) is 12.5 Å². The van der Waals surface area contributed by atoms with Gasteiger partial charge >= 0.3 is 0 Å². The average Bonchev–Trinajstić information content (AvgIpc) is 2.25. The molecule has 0 spiro atoms. The molecule has 0 saturated heterocycles. The van der Waals surface area contributed by atoms with Crippen LogP contribution in [0, 0.1) is 18.6 Å². The smallest absolute Gasteiger partial charge is 0.169 e. The minimum atomic E-state index is -1.05. The molecule has 94 valence electrons. The van der Waals surface area contributed by atoms with E-state index < -0.39 is 11.6 Å². The third kappa shape index (κ3) is 3.60. The van der Waals surface area contributed by atoms with E-state index in [9.17, 15) is 13.6 Å². The van der Waals surface area contributed by atoms with Crippen molar-refractivity contribution in [3.63, 3.8) is 0 Å². The summed E-state index contributed by atoms with van der Waals surface area (Å²) in [7, 11) is 0. The van der Waals surface area contributed by atoms with Crippen LogP contribution in [-0.2, 0) is 0 Å². The monoisotopic (exact) mass is 241 g/mol. The van der Waals surface area contributed by atoms with Gasteiger partial charge in [-0.1, -0.05) is 6.07 Å². The molecule has 0 aliphatic carbocycles. The predicted molar refractivity (Wildman–Crippen MR) is 62.9 cm³/mol. The zero-order valence-electron chi connectivity index (χ0n) is 10.1. The summed E-state index contributed by atoms with van der Waals surface area (Å²) in [6.45, 7) is 3.30. The summed E-state index contributed by atoms with van der Waals surface area (Å²) in [5, 5.41) is 0. The number of benzene rings is 1. The fourth-order valence-corrected chi connectivity index (χ4v) is 1.58. The number of halogens is 2. The predicted octanol–water partition coefficient (Wildman–Crippen LogP) is 2.97. The van der Waals surface area contributed by atoms with Gasteiger partial charge in [0.05, 0.1) is 5.56 Å². The lowest BCUT2D eigenvalue weighted by Crippen LogP contribution is -2.15. The van der Waals surface area contributed by atoms with Gasteiger partial charge in [0.25, 0.3) is 0 Å². The molecule has 1 rings (SSSR count). The Bertz CT molecular complexity index is 416. The van der Waals surface area contributed by atoms with Crippen molar-refractivity contribution in [1.29, 1.82) is 0 Å². The molecule has 2 N–H and O–H groups in total. The topological polar surface area (TPSA) is 43.1 Å². The normalized spacial score (nSPS) is 12.5. The van der Waals surface area contributed by atoms with E-state index in [2.05, 4.69) is 0 Å². The summed E-state index contributed by atoms with van der Waals surface area (Å²) in [6, 6.07) is 2.77. The summed E-state index contributed by atoms with van der Waals surface area (Å²) < 4.78 is 26.7. The van der Waals surface area contributed by atoms with Gasteiger partial charge in [0.1, 0.15) is 0 Å². The van der Waals surface area contributed by atoms with E-state index in [1.54, 1.807) is 0 Å². The number of carbonyl (C=O) groups is 1. The van der Waals surface area contributed by atoms with Gasteiger partial charge in [0.15, 0.2) is 17.4 Å². The van der Waals surface area contributed by atoms with Crippen LogP contribution in [0.25, 0.3) is 0 Å². The maximum absolute atomic E-state index is 13.5. The number of Topliss-reactive ketones (excluding diaryl/α,β-unsaturated/α-hetero) is 1. The Morgan fingerprint density at radius 1 is 1.35 bits per heavy atom. The molecule has 0 aliphatic heterocycles. The van der Waals surface area contributed by atoms with E-state index in [1.807, 2.05) is 6.92 Å². The number of hydrogen-bond acceptors (Lipinski definition) is 2. The molecule has 0 aromatic heterocycles. The van der Waals surface area contributed by atoms with Gasteiger partial charge in [-0.3, -0.25) is 4.79 Å². The van der Waals surface area contributed by atoms with Crippen LogP contribution in [0.15, 0.2) is 12.1 Å². The van der Waals surface area contributed by atoms with E-state index in [-0.39, 0.29) is 29.4 Å². The van der Waals surface area contributed by atoms with E-state index >= 15 is 0 Å². The van der Waals surface area contributed by atoms with Crippen molar-refractivity contribution in [2.75, 3.05) is 0 Å². The van der Waals surface area contributed by atoms with E-state index in [0.717, 1.165) is 0 Å². The second-order valence-corrected chi connectivity index (χ2v) is 4.35. The Morgan fingerprint density at radius 3 is 2.59 bits per heavy atom. The molecule has 0 fully saturated rings. The highest BCUT2D eigenvalue weighted by Crippen LogP contribution is 2.18. The summed E-state index contributed by atoms with van der Waals surface area (Å²) in [5.74, 6) is -2.36. The van der Waals surface area contributed by atoms with Crippen LogP contribution in [-0.4, -0.2) is 11.8 Å². The molecular formula is C13H17F2NO. The minimum Gasteiger partial charge on any atom is -0.328 e. The number of hydrogen-bond donors (Lipinski definition) is 1. The molecular weight excluding hydrogens is 224 g/mol. The maximum atomic E-state index is 13.5. The second-order valence-electron chi connectivity index (χ2n) is 4.35. The van der Waals surface area contributed by atoms with Gasteiger partial charge in [-0.25, -0.2) is 8.78 Å². The first kappa shape index (κ1) is 13.8. The number of ketones is 1. The Hall–Kier alpha value is -1.29. The van der Waals surface area contributed by atoms with Crippen LogP contribution in [0.1, 0.15) is 42.1 Å². The zero-order chi connectivity index (χ0) is 13.0. The van der Waals surface area contributed by atoms with E-state index in [1.165, 1.54) is 19.1 Å². The molecule has 0 saturated carbocycles. The zero-order valence-corrected chi connectivity index (χ0v) is 10.1. The standard InChI is InChI=1S/C13H17F2NO/c1-8-6-7-10(13(15)12(8)14)11(17)5-3-4-9(2)16/h6-7,9H,3-5,16H2,1-2H3. The van der Waals surface area contributed by atoms with Crippen LogP contribution < -0.4 is 5.73 Å². The lowest BCUT2D eigenvalue weighted by molar-refractivity contribution is 0.0974. The van der Waals surface area contributed by atoms with Crippen molar-refractivity contribution in [3.05, 3.63) is 34.9 Å². The van der Waals surface area contributed by atoms with Crippen LogP contribution in [0.4, 0.5) is 8.78 Å². The number of aryl methyl sites for hydroxylation is 1. The van der Waals surface area contributed by atoms with E-state index in [4.69, 9.17) is 5.73 Å². The average molecular weight is 241 g/mol. The molecule has 4 heteroatoms. The Kier molecular flexibility index (Phi) is 4.75. The second kappa shape index (κ2) is 5.87. The van der Waals surface area contributed by atoms with Crippen molar-refractivity contribution in [3.8, 4) is 0 Å². The highest BCUT2D eigenvalue weighted by atomic mass is 19.2. The largest absolute Gasteiger partial charge is 0.328 e. The van der Waals surface area contributed by atoms with Crippen molar-refractivity contribution in [2.45, 2.75) is 39.2 Å². The van der Waals surface area contributed by atoms with Crippen molar-refractivity contribution in [1.82, 2.24) is 0 Å². The first-order valence-corrected chi connectivity index (χ1v) is 5.67. The van der Waals surface area contributed by atoms with Gasteiger partial charge in [-0.05, 0) is 38.3 Å². The fraction of sp³-hybridized carbons (Fsp3) is 0.462. The maximum Gasteiger partial charge on any atom is 0.169 e. The van der Waals surface area contributed by atoms with Crippen LogP contribution >= 0.6 is 0 Å². The Balaban J connectivity index is 2.73. The summed E-state index contributed by atoms with van der Waals surface area (Å²) in [4.78, 5) is 11.7. The van der Waals surface area contributed by atoms with Crippen LogP contribution in [0.5, 0.6) is 0 Å². The number of nitrogens with two attached hydrogens (primary N) is 1. The molecule has 1 atom stereocenters. The Morgan fingerprint density at radius 2 is 2.00 bits per heavy atom. The molecule has 1 aromatic rings. The van der Waals surface area contributed by atoms with Crippen LogP contribution in [0.2, 0.25) is 0 Å². The number of rotatable bonds is 5. The molecule has 0 radical (unpaired) electrons. The molecule has 2 nitrogen and oxygen atoms in total. The summed E-state index contributed by atoms with van der Waals surface area (Å²) in [6.07, 6.45) is 1.48.